The molecule has 1 fully saturated rings. The normalized spacial score (nSPS) is 19.0. The third kappa shape index (κ3) is 3.83. The van der Waals surface area contributed by atoms with E-state index in [0.717, 1.165) is 31.3 Å². The zero-order chi connectivity index (χ0) is 16.9. The van der Waals surface area contributed by atoms with E-state index in [1.165, 1.54) is 6.07 Å². The van der Waals surface area contributed by atoms with Crippen LogP contribution in [0.15, 0.2) is 35.9 Å². The lowest BCUT2D eigenvalue weighted by Crippen LogP contribution is -2.36. The molecule has 4 nitrogen and oxygen atoms in total. The average molecular weight is 330 g/mol. The van der Waals surface area contributed by atoms with Gasteiger partial charge >= 0.3 is 0 Å². The van der Waals surface area contributed by atoms with Crippen LogP contribution in [0.3, 0.4) is 0 Å². The summed E-state index contributed by atoms with van der Waals surface area (Å²) in [5.74, 6) is -0.253. The highest BCUT2D eigenvalue weighted by molar-refractivity contribution is 5.94. The fourth-order valence-corrected chi connectivity index (χ4v) is 3.30. The third-order valence-corrected chi connectivity index (χ3v) is 4.76. The Morgan fingerprint density at radius 2 is 1.92 bits per heavy atom. The van der Waals surface area contributed by atoms with Crippen LogP contribution < -0.4 is 0 Å². The zero-order valence-corrected chi connectivity index (χ0v) is 13.8. The van der Waals surface area contributed by atoms with E-state index in [1.54, 1.807) is 28.0 Å². The van der Waals surface area contributed by atoms with Crippen molar-refractivity contribution in [3.05, 3.63) is 47.3 Å². The monoisotopic (exact) mass is 330 g/mol. The first-order chi connectivity index (χ1) is 11.6. The largest absolute Gasteiger partial charge is 0.337 e. The highest BCUT2D eigenvalue weighted by atomic mass is 19.1. The number of carbonyl (C=O) groups excluding carboxylic acids is 2. The molecule has 1 aliphatic heterocycles. The molecule has 0 N–H and O–H groups in total. The van der Waals surface area contributed by atoms with Gasteiger partial charge in [0.05, 0.1) is 0 Å². The van der Waals surface area contributed by atoms with Crippen molar-refractivity contribution < 1.29 is 14.0 Å². The summed E-state index contributed by atoms with van der Waals surface area (Å²) in [5, 5.41) is 0. The Morgan fingerprint density at radius 3 is 2.67 bits per heavy atom. The van der Waals surface area contributed by atoms with Crippen molar-refractivity contribution in [3.63, 3.8) is 0 Å². The molecule has 128 valence electrons. The molecular weight excluding hydrogens is 307 g/mol. The van der Waals surface area contributed by atoms with E-state index in [9.17, 15) is 14.0 Å². The summed E-state index contributed by atoms with van der Waals surface area (Å²) in [6, 6.07) is 6.51. The van der Waals surface area contributed by atoms with Gasteiger partial charge in [-0.05, 0) is 31.7 Å². The van der Waals surface area contributed by atoms with E-state index < -0.39 is 0 Å². The van der Waals surface area contributed by atoms with Gasteiger partial charge in [-0.1, -0.05) is 24.3 Å². The van der Waals surface area contributed by atoms with Crippen LogP contribution in [-0.4, -0.2) is 41.2 Å². The maximum absolute atomic E-state index is 13.8. The first kappa shape index (κ1) is 16.7. The van der Waals surface area contributed by atoms with Gasteiger partial charge in [-0.3, -0.25) is 9.59 Å². The Balaban J connectivity index is 1.65. The van der Waals surface area contributed by atoms with Crippen LogP contribution in [0.2, 0.25) is 0 Å². The van der Waals surface area contributed by atoms with Crippen LogP contribution in [0.1, 0.15) is 37.7 Å². The molecular formula is C19H23FN2O2. The molecule has 24 heavy (non-hydrogen) atoms. The van der Waals surface area contributed by atoms with Crippen molar-refractivity contribution in [2.45, 2.75) is 38.6 Å². The van der Waals surface area contributed by atoms with Crippen molar-refractivity contribution in [1.29, 1.82) is 0 Å². The number of amides is 2. The smallest absolute Gasteiger partial charge is 0.249 e. The SMILES string of the molecule is O=C1CCN(C(=O)C2=CCCCC2)CCN1Cc1ccccc1F. The van der Waals surface area contributed by atoms with Gasteiger partial charge in [0.25, 0.3) is 0 Å². The predicted octanol–water partition coefficient (Wildman–Crippen LogP) is 2.89. The third-order valence-electron chi connectivity index (χ3n) is 4.76. The standard InChI is InChI=1S/C19H23FN2O2/c20-17-9-5-4-8-16(17)14-22-13-12-21(11-10-18(22)23)19(24)15-6-2-1-3-7-15/h4-6,8-9H,1-3,7,10-14H2. The molecule has 1 aromatic carbocycles. The molecule has 5 heteroatoms. The number of allylic oxidation sites excluding steroid dienone is 1. The van der Waals surface area contributed by atoms with Crippen LogP contribution in [0.4, 0.5) is 4.39 Å². The minimum atomic E-state index is -0.296. The minimum Gasteiger partial charge on any atom is -0.337 e. The number of carbonyl (C=O) groups is 2. The van der Waals surface area contributed by atoms with E-state index in [4.69, 9.17) is 0 Å². The van der Waals surface area contributed by atoms with Crippen LogP contribution in [0.25, 0.3) is 0 Å². The molecule has 1 aliphatic carbocycles. The summed E-state index contributed by atoms with van der Waals surface area (Å²) >= 11 is 0. The number of hydrogen-bond donors (Lipinski definition) is 0. The molecule has 0 saturated carbocycles. The van der Waals surface area contributed by atoms with Gasteiger partial charge in [0.15, 0.2) is 0 Å². The van der Waals surface area contributed by atoms with Gasteiger partial charge < -0.3 is 9.80 Å². The lowest BCUT2D eigenvalue weighted by atomic mass is 9.98. The van der Waals surface area contributed by atoms with Gasteiger partial charge in [-0.25, -0.2) is 4.39 Å². The van der Waals surface area contributed by atoms with Gasteiger partial charge in [-0.15, -0.1) is 0 Å². The molecule has 2 aliphatic rings. The van der Waals surface area contributed by atoms with Gasteiger partial charge in [0, 0.05) is 43.7 Å². The Morgan fingerprint density at radius 1 is 1.08 bits per heavy atom. The van der Waals surface area contributed by atoms with E-state index >= 15 is 0 Å². The average Bonchev–Trinajstić information content (AvgIpc) is 2.79. The molecule has 0 radical (unpaired) electrons. The summed E-state index contributed by atoms with van der Waals surface area (Å²) in [6.07, 6.45) is 6.34. The molecule has 0 aromatic heterocycles. The number of nitrogens with zero attached hydrogens (tertiary/aromatic N) is 2. The van der Waals surface area contributed by atoms with Crippen LogP contribution in [0.5, 0.6) is 0 Å². The fraction of sp³-hybridized carbons (Fsp3) is 0.474. The minimum absolute atomic E-state index is 0.0221. The summed E-state index contributed by atoms with van der Waals surface area (Å²) in [4.78, 5) is 28.4. The Hall–Kier alpha value is -2.17. The van der Waals surface area contributed by atoms with Crippen molar-refractivity contribution in [1.82, 2.24) is 9.80 Å². The molecule has 0 unspecified atom stereocenters. The predicted molar refractivity (Wildman–Crippen MR) is 89.6 cm³/mol. The molecule has 3 rings (SSSR count). The number of rotatable bonds is 3. The van der Waals surface area contributed by atoms with E-state index in [1.807, 2.05) is 6.08 Å². The van der Waals surface area contributed by atoms with Gasteiger partial charge in [0.2, 0.25) is 11.8 Å². The van der Waals surface area contributed by atoms with Crippen molar-refractivity contribution in [2.24, 2.45) is 0 Å². The Labute approximate surface area is 141 Å². The lowest BCUT2D eigenvalue weighted by molar-refractivity contribution is -0.130. The molecule has 0 bridgehead atoms. The molecule has 2 amide bonds. The summed E-state index contributed by atoms with van der Waals surface area (Å²) in [5.41, 5.74) is 1.40. The number of halogens is 1. The number of benzene rings is 1. The molecule has 1 saturated heterocycles. The molecule has 0 spiro atoms. The van der Waals surface area contributed by atoms with Crippen LogP contribution in [0, 0.1) is 5.82 Å². The number of hydrogen-bond acceptors (Lipinski definition) is 2. The van der Waals surface area contributed by atoms with Crippen LogP contribution in [-0.2, 0) is 16.1 Å². The van der Waals surface area contributed by atoms with Crippen molar-refractivity contribution in [2.75, 3.05) is 19.6 Å². The quantitative estimate of drug-likeness (QED) is 0.855. The first-order valence-corrected chi connectivity index (χ1v) is 8.64. The highest BCUT2D eigenvalue weighted by Crippen LogP contribution is 2.21. The van der Waals surface area contributed by atoms with E-state index in [-0.39, 0.29) is 24.2 Å². The maximum atomic E-state index is 13.8. The summed E-state index contributed by atoms with van der Waals surface area (Å²) < 4.78 is 13.8. The van der Waals surface area contributed by atoms with Gasteiger partial charge in [0.1, 0.15) is 5.82 Å². The lowest BCUT2D eigenvalue weighted by Gasteiger charge is -2.24. The second-order valence-electron chi connectivity index (χ2n) is 6.42. The van der Waals surface area contributed by atoms with E-state index in [0.29, 0.717) is 31.6 Å². The van der Waals surface area contributed by atoms with Crippen LogP contribution >= 0.6 is 0 Å². The molecule has 1 heterocycles. The topological polar surface area (TPSA) is 40.6 Å². The zero-order valence-electron chi connectivity index (χ0n) is 13.8. The molecule has 1 aromatic rings. The first-order valence-electron chi connectivity index (χ1n) is 8.64. The Bertz CT molecular complexity index is 657. The fourth-order valence-electron chi connectivity index (χ4n) is 3.30. The van der Waals surface area contributed by atoms with Gasteiger partial charge in [-0.2, -0.15) is 0 Å². The summed E-state index contributed by atoms with van der Waals surface area (Å²) in [6.45, 7) is 1.67. The maximum Gasteiger partial charge on any atom is 0.249 e. The van der Waals surface area contributed by atoms with Crippen molar-refractivity contribution >= 4 is 11.8 Å². The summed E-state index contributed by atoms with van der Waals surface area (Å²) in [7, 11) is 0. The van der Waals surface area contributed by atoms with Crippen molar-refractivity contribution in [3.8, 4) is 0 Å². The Kier molecular flexibility index (Phi) is 5.28. The second kappa shape index (κ2) is 7.60. The molecule has 0 atom stereocenters. The second-order valence-corrected chi connectivity index (χ2v) is 6.42. The highest BCUT2D eigenvalue weighted by Gasteiger charge is 2.26. The van der Waals surface area contributed by atoms with E-state index in [2.05, 4.69) is 0 Å².